The number of hydrogen-bond donors (Lipinski definition) is 4. The third-order valence-electron chi connectivity index (χ3n) is 7.07. The van der Waals surface area contributed by atoms with Crippen LogP contribution >= 0.6 is 0 Å². The number of carbonyl (C=O) groups excluding carboxylic acids is 2. The second-order valence-electron chi connectivity index (χ2n) is 10.1. The van der Waals surface area contributed by atoms with Gasteiger partial charge in [0.15, 0.2) is 0 Å². The molecule has 1 atom stereocenters. The molecule has 0 aromatic heterocycles. The Morgan fingerprint density at radius 3 is 2.15 bits per heavy atom. The molecular weight excluding hydrogens is 494 g/mol. The Morgan fingerprint density at radius 1 is 0.872 bits per heavy atom. The average Bonchev–Trinajstić information content (AvgIpc) is 2.94. The molecule has 39 heavy (non-hydrogen) atoms. The van der Waals surface area contributed by atoms with Crippen LogP contribution in [-0.4, -0.2) is 29.6 Å². The van der Waals surface area contributed by atoms with Crippen LogP contribution in [0.5, 0.6) is 11.5 Å². The lowest BCUT2D eigenvalue weighted by molar-refractivity contribution is -0.136. The van der Waals surface area contributed by atoms with E-state index in [0.717, 1.165) is 37.0 Å². The third-order valence-corrected chi connectivity index (χ3v) is 7.07. The number of rotatable bonds is 10. The molecule has 0 radical (unpaired) electrons. The summed E-state index contributed by atoms with van der Waals surface area (Å²) in [5.74, 6) is 1.08. The minimum Gasteiger partial charge on any atom is -0.481 e. The zero-order valence-corrected chi connectivity index (χ0v) is 22.1. The van der Waals surface area contributed by atoms with Gasteiger partial charge in [0, 0.05) is 17.8 Å². The van der Waals surface area contributed by atoms with Crippen molar-refractivity contribution in [3.05, 3.63) is 90.0 Å². The standard InChI is InChI=1S/C31H35N3O5/c1-21-7-9-22(10-8-21)29(23-11-13-24(14-12-23)30(37)32-20-19-28(35)36)34-31(38)33-25-15-17-27(18-16-25)39-26-5-3-2-4-6-26/h2-6,11-18,21-22,29H,7-10,19-20H2,1H3,(H,32,37)(H,35,36)(H2,33,34,38). The fraction of sp³-hybridized carbons (Fsp3) is 0.323. The zero-order chi connectivity index (χ0) is 27.6. The fourth-order valence-corrected chi connectivity index (χ4v) is 4.86. The summed E-state index contributed by atoms with van der Waals surface area (Å²) in [7, 11) is 0. The van der Waals surface area contributed by atoms with Gasteiger partial charge in [-0.15, -0.1) is 0 Å². The molecule has 1 saturated carbocycles. The molecule has 1 aliphatic carbocycles. The molecule has 8 heteroatoms. The Kier molecular flexibility index (Phi) is 9.56. The van der Waals surface area contributed by atoms with Crippen molar-refractivity contribution in [2.45, 2.75) is 45.1 Å². The zero-order valence-electron chi connectivity index (χ0n) is 22.1. The van der Waals surface area contributed by atoms with Crippen molar-refractivity contribution in [2.24, 2.45) is 11.8 Å². The number of benzene rings is 3. The minimum atomic E-state index is -0.962. The van der Waals surface area contributed by atoms with E-state index < -0.39 is 5.97 Å². The molecule has 0 bridgehead atoms. The number of nitrogens with one attached hydrogen (secondary N) is 3. The van der Waals surface area contributed by atoms with E-state index in [9.17, 15) is 14.4 Å². The number of hydrogen-bond acceptors (Lipinski definition) is 4. The number of amides is 3. The normalized spacial score (nSPS) is 17.5. The first-order chi connectivity index (χ1) is 18.9. The van der Waals surface area contributed by atoms with Crippen molar-refractivity contribution in [3.63, 3.8) is 0 Å². The van der Waals surface area contributed by atoms with E-state index in [-0.39, 0.29) is 36.9 Å². The van der Waals surface area contributed by atoms with Crippen LogP contribution in [0.2, 0.25) is 0 Å². The quantitative estimate of drug-likeness (QED) is 0.243. The van der Waals surface area contributed by atoms with Crippen molar-refractivity contribution < 1.29 is 24.2 Å². The lowest BCUT2D eigenvalue weighted by Gasteiger charge is -2.33. The number of aliphatic carboxylic acids is 1. The van der Waals surface area contributed by atoms with Crippen LogP contribution in [-0.2, 0) is 4.79 Å². The Balaban J connectivity index is 1.40. The monoisotopic (exact) mass is 529 g/mol. The molecule has 3 amide bonds. The van der Waals surface area contributed by atoms with Gasteiger partial charge in [-0.2, -0.15) is 0 Å². The second kappa shape index (κ2) is 13.5. The molecular formula is C31H35N3O5. The van der Waals surface area contributed by atoms with Gasteiger partial charge in [0.25, 0.3) is 5.91 Å². The number of anilines is 1. The Morgan fingerprint density at radius 2 is 1.51 bits per heavy atom. The van der Waals surface area contributed by atoms with E-state index in [1.54, 1.807) is 24.3 Å². The van der Waals surface area contributed by atoms with Crippen LogP contribution in [0.3, 0.4) is 0 Å². The average molecular weight is 530 g/mol. The van der Waals surface area contributed by atoms with E-state index in [0.29, 0.717) is 22.9 Å². The van der Waals surface area contributed by atoms with E-state index in [1.165, 1.54) is 0 Å². The molecule has 0 aliphatic heterocycles. The van der Waals surface area contributed by atoms with Gasteiger partial charge < -0.3 is 25.8 Å². The van der Waals surface area contributed by atoms with Crippen molar-refractivity contribution in [1.82, 2.24) is 10.6 Å². The number of carbonyl (C=O) groups is 3. The van der Waals surface area contributed by atoms with Crippen molar-refractivity contribution in [3.8, 4) is 11.5 Å². The van der Waals surface area contributed by atoms with Crippen molar-refractivity contribution in [1.29, 1.82) is 0 Å². The predicted octanol–water partition coefficient (Wildman–Crippen LogP) is 6.37. The highest BCUT2D eigenvalue weighted by molar-refractivity contribution is 5.94. The predicted molar refractivity (Wildman–Crippen MR) is 150 cm³/mol. The largest absolute Gasteiger partial charge is 0.481 e. The molecule has 1 aliphatic rings. The van der Waals surface area contributed by atoms with Gasteiger partial charge in [0.05, 0.1) is 12.5 Å². The van der Waals surface area contributed by atoms with Gasteiger partial charge in [-0.25, -0.2) is 4.79 Å². The van der Waals surface area contributed by atoms with Crippen molar-refractivity contribution >= 4 is 23.6 Å². The lowest BCUT2D eigenvalue weighted by Crippen LogP contribution is -2.37. The molecule has 1 unspecified atom stereocenters. The van der Waals surface area contributed by atoms with Crippen LogP contribution in [0.15, 0.2) is 78.9 Å². The van der Waals surface area contributed by atoms with Gasteiger partial charge in [-0.05, 0) is 78.8 Å². The Bertz CT molecular complexity index is 1240. The highest BCUT2D eigenvalue weighted by Crippen LogP contribution is 2.37. The smallest absolute Gasteiger partial charge is 0.319 e. The fourth-order valence-electron chi connectivity index (χ4n) is 4.86. The van der Waals surface area contributed by atoms with Crippen LogP contribution in [0, 0.1) is 11.8 Å². The highest BCUT2D eigenvalue weighted by Gasteiger charge is 2.29. The lowest BCUT2D eigenvalue weighted by atomic mass is 9.77. The molecule has 8 nitrogen and oxygen atoms in total. The van der Waals surface area contributed by atoms with Crippen LogP contribution in [0.25, 0.3) is 0 Å². The summed E-state index contributed by atoms with van der Waals surface area (Å²) >= 11 is 0. The highest BCUT2D eigenvalue weighted by atomic mass is 16.5. The van der Waals surface area contributed by atoms with E-state index in [4.69, 9.17) is 9.84 Å². The summed E-state index contributed by atoms with van der Waals surface area (Å²) in [6, 6.07) is 23.4. The summed E-state index contributed by atoms with van der Waals surface area (Å²) in [6.07, 6.45) is 4.10. The van der Waals surface area contributed by atoms with E-state index >= 15 is 0 Å². The molecule has 1 fully saturated rings. The molecule has 0 saturated heterocycles. The van der Waals surface area contributed by atoms with Gasteiger partial charge in [-0.3, -0.25) is 9.59 Å². The molecule has 204 valence electrons. The summed E-state index contributed by atoms with van der Waals surface area (Å²) in [5.41, 5.74) is 2.03. The van der Waals surface area contributed by atoms with Crippen LogP contribution in [0.4, 0.5) is 10.5 Å². The molecule has 3 aromatic carbocycles. The third kappa shape index (κ3) is 8.33. The SMILES string of the molecule is CC1CCC(C(NC(=O)Nc2ccc(Oc3ccccc3)cc2)c2ccc(C(=O)NCCC(=O)O)cc2)CC1. The maximum atomic E-state index is 13.1. The minimum absolute atomic E-state index is 0.0693. The summed E-state index contributed by atoms with van der Waals surface area (Å²) in [5, 5.41) is 17.5. The summed E-state index contributed by atoms with van der Waals surface area (Å²) in [4.78, 5) is 36.1. The molecule has 4 rings (SSSR count). The number of carboxylic acid groups (broad SMARTS) is 1. The van der Waals surface area contributed by atoms with E-state index in [1.807, 2.05) is 54.6 Å². The maximum Gasteiger partial charge on any atom is 0.319 e. The van der Waals surface area contributed by atoms with Gasteiger partial charge in [-0.1, -0.05) is 50.1 Å². The Hall–Kier alpha value is -4.33. The van der Waals surface area contributed by atoms with Gasteiger partial charge >= 0.3 is 12.0 Å². The van der Waals surface area contributed by atoms with Crippen LogP contribution < -0.4 is 20.7 Å². The molecule has 4 N–H and O–H groups in total. The number of carboxylic acids is 1. The summed E-state index contributed by atoms with van der Waals surface area (Å²) < 4.78 is 5.82. The van der Waals surface area contributed by atoms with Gasteiger partial charge in [0.2, 0.25) is 0 Å². The molecule has 3 aromatic rings. The van der Waals surface area contributed by atoms with Crippen LogP contribution in [0.1, 0.15) is 61.0 Å². The number of ether oxygens (including phenoxy) is 1. The van der Waals surface area contributed by atoms with Gasteiger partial charge in [0.1, 0.15) is 11.5 Å². The molecule has 0 spiro atoms. The Labute approximate surface area is 228 Å². The first-order valence-electron chi connectivity index (χ1n) is 13.4. The topological polar surface area (TPSA) is 117 Å². The second-order valence-corrected chi connectivity index (χ2v) is 10.1. The summed E-state index contributed by atoms with van der Waals surface area (Å²) in [6.45, 7) is 2.33. The number of urea groups is 1. The van der Waals surface area contributed by atoms with Crippen molar-refractivity contribution in [2.75, 3.05) is 11.9 Å². The maximum absolute atomic E-state index is 13.1. The first-order valence-corrected chi connectivity index (χ1v) is 13.4. The number of para-hydroxylation sites is 1. The molecule has 0 heterocycles. The first kappa shape index (κ1) is 27.7. The van der Waals surface area contributed by atoms with E-state index in [2.05, 4.69) is 22.9 Å².